The minimum Gasteiger partial charge on any atom is -0.481 e. The Labute approximate surface area is 106 Å². The minimum absolute atomic E-state index is 0.170. The van der Waals surface area contributed by atoms with Gasteiger partial charge in [-0.05, 0) is 29.5 Å². The molecule has 1 nitrogen and oxygen atoms in total. The summed E-state index contributed by atoms with van der Waals surface area (Å²) in [6, 6.07) is 6.04. The van der Waals surface area contributed by atoms with Crippen molar-refractivity contribution in [2.24, 2.45) is 0 Å². The first kappa shape index (κ1) is 13.1. The standard InChI is InChI=1S/C14H17BrO/c1-5-9-16-11-7-8-12(13(15)10-11)14(3,4)6-2/h1,7-8,10H,6,9H2,2-4H3. The molecule has 0 saturated carbocycles. The van der Waals surface area contributed by atoms with E-state index in [4.69, 9.17) is 11.2 Å². The van der Waals surface area contributed by atoms with Crippen LogP contribution in [-0.4, -0.2) is 6.61 Å². The molecule has 1 aromatic rings. The minimum atomic E-state index is 0.170. The second kappa shape index (κ2) is 5.41. The maximum Gasteiger partial charge on any atom is 0.148 e. The van der Waals surface area contributed by atoms with Gasteiger partial charge >= 0.3 is 0 Å². The molecule has 86 valence electrons. The van der Waals surface area contributed by atoms with E-state index in [0.717, 1.165) is 16.6 Å². The number of halogens is 1. The van der Waals surface area contributed by atoms with Crippen molar-refractivity contribution in [2.75, 3.05) is 6.61 Å². The zero-order valence-corrected chi connectivity index (χ0v) is 11.6. The number of benzene rings is 1. The van der Waals surface area contributed by atoms with Gasteiger partial charge in [-0.1, -0.05) is 48.7 Å². The zero-order valence-electron chi connectivity index (χ0n) is 10.0. The average molecular weight is 281 g/mol. The van der Waals surface area contributed by atoms with Gasteiger partial charge in [-0.3, -0.25) is 0 Å². The lowest BCUT2D eigenvalue weighted by Crippen LogP contribution is -2.16. The topological polar surface area (TPSA) is 9.23 Å². The first-order valence-electron chi connectivity index (χ1n) is 5.37. The molecule has 0 saturated heterocycles. The summed E-state index contributed by atoms with van der Waals surface area (Å²) in [5.74, 6) is 3.26. The van der Waals surface area contributed by atoms with E-state index in [1.54, 1.807) is 0 Å². The van der Waals surface area contributed by atoms with Crippen LogP contribution in [0.4, 0.5) is 0 Å². The molecule has 0 aliphatic rings. The Morgan fingerprint density at radius 2 is 2.12 bits per heavy atom. The van der Waals surface area contributed by atoms with Crippen molar-refractivity contribution in [3.63, 3.8) is 0 Å². The van der Waals surface area contributed by atoms with Gasteiger partial charge in [0, 0.05) is 4.47 Å². The van der Waals surface area contributed by atoms with E-state index in [1.807, 2.05) is 12.1 Å². The molecule has 1 rings (SSSR count). The molecule has 0 spiro atoms. The summed E-state index contributed by atoms with van der Waals surface area (Å²) in [6.45, 7) is 6.96. The van der Waals surface area contributed by atoms with Gasteiger partial charge in [0.15, 0.2) is 0 Å². The predicted octanol–water partition coefficient (Wildman–Crippen LogP) is 4.15. The average Bonchev–Trinajstić information content (AvgIpc) is 2.26. The van der Waals surface area contributed by atoms with Crippen LogP contribution in [0.15, 0.2) is 22.7 Å². The molecule has 0 heterocycles. The van der Waals surface area contributed by atoms with Gasteiger partial charge in [0.1, 0.15) is 12.4 Å². The van der Waals surface area contributed by atoms with Crippen LogP contribution in [0, 0.1) is 12.3 Å². The van der Waals surface area contributed by atoms with Gasteiger partial charge in [0.25, 0.3) is 0 Å². The van der Waals surface area contributed by atoms with E-state index in [1.165, 1.54) is 5.56 Å². The molecule has 0 bridgehead atoms. The monoisotopic (exact) mass is 280 g/mol. The summed E-state index contributed by atoms with van der Waals surface area (Å²) >= 11 is 3.58. The van der Waals surface area contributed by atoms with Crippen LogP contribution in [0.1, 0.15) is 32.8 Å². The fraction of sp³-hybridized carbons (Fsp3) is 0.429. The first-order chi connectivity index (χ1) is 7.51. The fourth-order valence-electron chi connectivity index (χ4n) is 1.45. The van der Waals surface area contributed by atoms with Crippen LogP contribution in [0.3, 0.4) is 0 Å². The second-order valence-corrected chi connectivity index (χ2v) is 5.23. The molecule has 0 N–H and O–H groups in total. The Balaban J connectivity index is 2.97. The molecule has 0 aromatic heterocycles. The third kappa shape index (κ3) is 3.02. The summed E-state index contributed by atoms with van der Waals surface area (Å²) in [4.78, 5) is 0. The summed E-state index contributed by atoms with van der Waals surface area (Å²) in [6.07, 6.45) is 6.24. The first-order valence-corrected chi connectivity index (χ1v) is 6.17. The van der Waals surface area contributed by atoms with Gasteiger partial charge in [0.05, 0.1) is 0 Å². The van der Waals surface area contributed by atoms with Crippen LogP contribution >= 0.6 is 15.9 Å². The molecule has 0 amide bonds. The maximum absolute atomic E-state index is 5.37. The van der Waals surface area contributed by atoms with Crippen LogP contribution < -0.4 is 4.74 Å². The molecule has 0 fully saturated rings. The van der Waals surface area contributed by atoms with Crippen molar-refractivity contribution in [2.45, 2.75) is 32.6 Å². The highest BCUT2D eigenvalue weighted by molar-refractivity contribution is 9.10. The van der Waals surface area contributed by atoms with Crippen molar-refractivity contribution in [3.05, 3.63) is 28.2 Å². The van der Waals surface area contributed by atoms with Crippen molar-refractivity contribution < 1.29 is 4.74 Å². The fourth-order valence-corrected chi connectivity index (χ4v) is 2.34. The number of terminal acetylenes is 1. The largest absolute Gasteiger partial charge is 0.481 e. The lowest BCUT2D eigenvalue weighted by Gasteiger charge is -2.25. The smallest absolute Gasteiger partial charge is 0.148 e. The molecule has 2 heteroatoms. The number of hydrogen-bond donors (Lipinski definition) is 0. The summed E-state index contributed by atoms with van der Waals surface area (Å²) in [5, 5.41) is 0. The van der Waals surface area contributed by atoms with Gasteiger partial charge in [-0.2, -0.15) is 0 Å². The summed E-state index contributed by atoms with van der Waals surface area (Å²) < 4.78 is 6.45. The summed E-state index contributed by atoms with van der Waals surface area (Å²) in [7, 11) is 0. The van der Waals surface area contributed by atoms with Gasteiger partial charge in [-0.25, -0.2) is 0 Å². The molecule has 0 aliphatic heterocycles. The lowest BCUT2D eigenvalue weighted by atomic mass is 9.82. The van der Waals surface area contributed by atoms with E-state index >= 15 is 0 Å². The normalized spacial score (nSPS) is 10.9. The number of ether oxygens (including phenoxy) is 1. The third-order valence-corrected chi connectivity index (χ3v) is 3.53. The highest BCUT2D eigenvalue weighted by Gasteiger charge is 2.20. The van der Waals surface area contributed by atoms with Crippen molar-refractivity contribution in [1.82, 2.24) is 0 Å². The Bertz CT molecular complexity index is 402. The van der Waals surface area contributed by atoms with Crippen LogP contribution in [-0.2, 0) is 5.41 Å². The third-order valence-electron chi connectivity index (χ3n) is 2.88. The molecule has 0 radical (unpaired) electrons. The molecular formula is C14H17BrO. The van der Waals surface area contributed by atoms with E-state index < -0.39 is 0 Å². The highest BCUT2D eigenvalue weighted by Crippen LogP contribution is 2.34. The molecule has 0 aliphatic carbocycles. The Morgan fingerprint density at radius 1 is 1.44 bits per heavy atom. The zero-order chi connectivity index (χ0) is 12.2. The summed E-state index contributed by atoms with van der Waals surface area (Å²) in [5.41, 5.74) is 1.46. The Kier molecular flexibility index (Phi) is 4.44. The number of rotatable bonds is 4. The van der Waals surface area contributed by atoms with Crippen molar-refractivity contribution >= 4 is 15.9 Å². The lowest BCUT2D eigenvalue weighted by molar-refractivity contribution is 0.369. The van der Waals surface area contributed by atoms with Crippen molar-refractivity contribution in [1.29, 1.82) is 0 Å². The predicted molar refractivity (Wildman–Crippen MR) is 71.8 cm³/mol. The van der Waals surface area contributed by atoms with E-state index in [2.05, 4.69) is 48.7 Å². The Morgan fingerprint density at radius 3 is 2.62 bits per heavy atom. The van der Waals surface area contributed by atoms with Crippen LogP contribution in [0.5, 0.6) is 5.75 Å². The van der Waals surface area contributed by atoms with Crippen LogP contribution in [0.25, 0.3) is 0 Å². The highest BCUT2D eigenvalue weighted by atomic mass is 79.9. The van der Waals surface area contributed by atoms with Crippen molar-refractivity contribution in [3.8, 4) is 18.1 Å². The molecule has 16 heavy (non-hydrogen) atoms. The molecular weight excluding hydrogens is 264 g/mol. The van der Waals surface area contributed by atoms with Crippen LogP contribution in [0.2, 0.25) is 0 Å². The van der Waals surface area contributed by atoms with Gasteiger partial charge in [-0.15, -0.1) is 6.42 Å². The van der Waals surface area contributed by atoms with Gasteiger partial charge in [0.2, 0.25) is 0 Å². The van der Waals surface area contributed by atoms with E-state index in [9.17, 15) is 0 Å². The molecule has 0 atom stereocenters. The molecule has 1 aromatic carbocycles. The maximum atomic E-state index is 5.37. The molecule has 0 unspecified atom stereocenters. The van der Waals surface area contributed by atoms with E-state index in [-0.39, 0.29) is 5.41 Å². The quantitative estimate of drug-likeness (QED) is 0.753. The second-order valence-electron chi connectivity index (χ2n) is 4.37. The van der Waals surface area contributed by atoms with E-state index in [0.29, 0.717) is 6.61 Å². The SMILES string of the molecule is C#CCOc1ccc(C(C)(C)CC)c(Br)c1. The Hall–Kier alpha value is -0.940. The van der Waals surface area contributed by atoms with Gasteiger partial charge < -0.3 is 4.74 Å². The number of hydrogen-bond acceptors (Lipinski definition) is 1.